The molecule has 3 aromatic rings. The van der Waals surface area contributed by atoms with Crippen LogP contribution in [0, 0.1) is 5.92 Å². The van der Waals surface area contributed by atoms with Gasteiger partial charge >= 0.3 is 27.3 Å². The van der Waals surface area contributed by atoms with Crippen LogP contribution >= 0.6 is 15.6 Å². The Balaban J connectivity index is 1.25. The van der Waals surface area contributed by atoms with Crippen LogP contribution in [0.1, 0.15) is 32.2 Å². The monoisotopic (exact) mass is 661 g/mol. The molecule has 2 aliphatic heterocycles. The maximum atomic E-state index is 13.3. The molecular weight excluding hydrogens is 632 g/mol. The number of rotatable bonds is 10. The van der Waals surface area contributed by atoms with Crippen LogP contribution in [-0.2, 0) is 47.8 Å². The van der Waals surface area contributed by atoms with E-state index < -0.39 is 76.2 Å². The maximum absolute atomic E-state index is 13.3. The molecule has 44 heavy (non-hydrogen) atoms. The predicted molar refractivity (Wildman–Crippen MR) is 145 cm³/mol. The normalized spacial score (nSPS) is 28.7. The SMILES string of the molecule is CC(C)C(=O)OC1CCOP(=O)(OP(=O)(O)OC[C@H]2O[C@@H](n3ccc(=O)n(Cc4noc5ccccc45)c3=O)C(O)[C@H]2O)O1. The molecule has 2 aromatic heterocycles. The van der Waals surface area contributed by atoms with Gasteiger partial charge in [-0.05, 0) is 12.1 Å². The number of carbonyl (C=O) groups excluding carboxylic acids is 1. The van der Waals surface area contributed by atoms with Crippen molar-refractivity contribution in [1.82, 2.24) is 14.3 Å². The highest BCUT2D eigenvalue weighted by Gasteiger charge is 2.48. The molecule has 0 spiro atoms. The molecule has 4 heterocycles. The number of phosphoric ester groups is 2. The standard InChI is InChI=1S/C24H29N3O15P2/c1-13(2)23(31)39-19-8-10-36-44(35,41-19)42-43(33,34)37-12-17-20(29)21(30)22(38-17)26-9-7-18(28)27(24(26)32)11-15-14-5-3-4-6-16(14)40-25-15/h3-7,9,13,17,19-22,29-30H,8,10-12H2,1-2H3,(H,33,34)/t17-,19?,20+,21?,22-,44?/m1/s1. The molecule has 1 aromatic carbocycles. The molecule has 20 heteroatoms. The van der Waals surface area contributed by atoms with Crippen molar-refractivity contribution in [3.8, 4) is 0 Å². The Kier molecular flexibility index (Phi) is 9.39. The number of fused-ring (bicyclic) bond motifs is 1. The quantitative estimate of drug-likeness (QED) is 0.203. The third-order valence-electron chi connectivity index (χ3n) is 6.64. The second kappa shape index (κ2) is 12.8. The van der Waals surface area contributed by atoms with Gasteiger partial charge in [-0.15, -0.1) is 0 Å². The highest BCUT2D eigenvalue weighted by atomic mass is 31.3. The van der Waals surface area contributed by atoms with Crippen LogP contribution in [0.25, 0.3) is 11.0 Å². The van der Waals surface area contributed by atoms with Crippen molar-refractivity contribution in [3.05, 3.63) is 63.1 Å². The van der Waals surface area contributed by atoms with Crippen LogP contribution < -0.4 is 11.2 Å². The van der Waals surface area contributed by atoms with Gasteiger partial charge in [-0.25, -0.2) is 18.4 Å². The smallest absolute Gasteiger partial charge is 0.435 e. The number of para-hydroxylation sites is 1. The van der Waals surface area contributed by atoms with Gasteiger partial charge in [0.05, 0.1) is 25.7 Å². The van der Waals surface area contributed by atoms with E-state index in [1.165, 1.54) is 0 Å². The lowest BCUT2D eigenvalue weighted by atomic mass is 10.1. The van der Waals surface area contributed by atoms with Gasteiger partial charge < -0.3 is 29.1 Å². The number of ether oxygens (including phenoxy) is 2. The van der Waals surface area contributed by atoms with Gasteiger partial charge in [0.25, 0.3) is 5.56 Å². The number of carbonyl (C=O) groups is 1. The van der Waals surface area contributed by atoms with Crippen LogP contribution in [0.5, 0.6) is 0 Å². The summed E-state index contributed by atoms with van der Waals surface area (Å²) in [7, 11) is -9.97. The number of phosphoric acid groups is 2. The lowest BCUT2D eigenvalue weighted by Crippen LogP contribution is -2.43. The fourth-order valence-electron chi connectivity index (χ4n) is 4.36. The molecule has 3 N–H and O–H groups in total. The first-order valence-corrected chi connectivity index (χ1v) is 16.2. The topological polar surface area (TPSA) is 237 Å². The lowest BCUT2D eigenvalue weighted by molar-refractivity contribution is -0.175. The Morgan fingerprint density at radius 3 is 2.70 bits per heavy atom. The minimum atomic E-state index is -5.23. The molecular formula is C24H29N3O15P2. The summed E-state index contributed by atoms with van der Waals surface area (Å²) in [5.41, 5.74) is -0.868. The van der Waals surface area contributed by atoms with Gasteiger partial charge in [-0.3, -0.25) is 27.8 Å². The van der Waals surface area contributed by atoms with Gasteiger partial charge in [0, 0.05) is 24.1 Å². The first kappa shape index (κ1) is 32.4. The minimum absolute atomic E-state index is 0.0222. The Morgan fingerprint density at radius 1 is 1.20 bits per heavy atom. The highest BCUT2D eigenvalue weighted by molar-refractivity contribution is 7.61. The van der Waals surface area contributed by atoms with Crippen LogP contribution in [0.4, 0.5) is 0 Å². The highest BCUT2D eigenvalue weighted by Crippen LogP contribution is 2.65. The zero-order valence-electron chi connectivity index (χ0n) is 23.2. The Bertz CT molecular complexity index is 1740. The number of hydrogen-bond donors (Lipinski definition) is 3. The third-order valence-corrected chi connectivity index (χ3v) is 9.73. The molecule has 0 radical (unpaired) electrons. The van der Waals surface area contributed by atoms with Crippen molar-refractivity contribution >= 4 is 32.6 Å². The zero-order chi connectivity index (χ0) is 31.8. The Hall–Kier alpha value is -3.02. The van der Waals surface area contributed by atoms with E-state index in [4.69, 9.17) is 27.6 Å². The van der Waals surface area contributed by atoms with Gasteiger partial charge in [-0.1, -0.05) is 31.1 Å². The molecule has 240 valence electrons. The van der Waals surface area contributed by atoms with E-state index in [9.17, 15) is 38.6 Å². The average Bonchev–Trinajstić information content (AvgIpc) is 3.49. The molecule has 0 aliphatic carbocycles. The molecule has 18 nitrogen and oxygen atoms in total. The van der Waals surface area contributed by atoms with E-state index >= 15 is 0 Å². The van der Waals surface area contributed by atoms with Gasteiger partial charge in [0.2, 0.25) is 6.29 Å². The van der Waals surface area contributed by atoms with Crippen LogP contribution in [-0.4, -0.2) is 73.2 Å². The first-order chi connectivity index (χ1) is 20.8. The molecule has 0 bridgehead atoms. The number of hydrogen-bond acceptors (Lipinski definition) is 15. The number of benzene rings is 1. The lowest BCUT2D eigenvalue weighted by Gasteiger charge is -2.29. The second-order valence-electron chi connectivity index (χ2n) is 10.1. The molecule has 2 fully saturated rings. The summed E-state index contributed by atoms with van der Waals surface area (Å²) in [6, 6.07) is 7.86. The van der Waals surface area contributed by atoms with Crippen molar-refractivity contribution in [3.63, 3.8) is 0 Å². The van der Waals surface area contributed by atoms with Crippen molar-refractivity contribution in [1.29, 1.82) is 0 Å². The van der Waals surface area contributed by atoms with Crippen molar-refractivity contribution in [2.45, 2.75) is 57.6 Å². The summed E-state index contributed by atoms with van der Waals surface area (Å²) in [6.45, 7) is 1.65. The minimum Gasteiger partial charge on any atom is -0.435 e. The van der Waals surface area contributed by atoms with E-state index in [2.05, 4.69) is 9.47 Å². The van der Waals surface area contributed by atoms with E-state index in [-0.39, 0.29) is 19.6 Å². The summed E-state index contributed by atoms with van der Waals surface area (Å²) in [5, 5.41) is 25.7. The Morgan fingerprint density at radius 2 is 1.95 bits per heavy atom. The van der Waals surface area contributed by atoms with E-state index in [1.807, 2.05) is 0 Å². The summed E-state index contributed by atoms with van der Waals surface area (Å²) < 4.78 is 62.1. The van der Waals surface area contributed by atoms with Gasteiger partial charge in [0.15, 0.2) is 11.8 Å². The number of aromatic nitrogens is 3. The fraction of sp³-hybridized carbons (Fsp3) is 0.500. The maximum Gasteiger partial charge on any atom is 0.486 e. The summed E-state index contributed by atoms with van der Waals surface area (Å²) >= 11 is 0. The van der Waals surface area contributed by atoms with Crippen LogP contribution in [0.2, 0.25) is 0 Å². The third kappa shape index (κ3) is 6.94. The summed E-state index contributed by atoms with van der Waals surface area (Å²) in [4.78, 5) is 47.8. The number of aliphatic hydroxyl groups excluding tert-OH is 2. The molecule has 2 saturated heterocycles. The number of nitrogens with zero attached hydrogens (tertiary/aromatic N) is 3. The first-order valence-electron chi connectivity index (χ1n) is 13.3. The molecule has 4 unspecified atom stereocenters. The molecule has 7 atom stereocenters. The number of aliphatic hydroxyl groups is 2. The number of esters is 1. The van der Waals surface area contributed by atoms with E-state index in [1.54, 1.807) is 38.1 Å². The van der Waals surface area contributed by atoms with Gasteiger partial charge in [-0.2, -0.15) is 4.31 Å². The van der Waals surface area contributed by atoms with E-state index in [0.29, 0.717) is 16.7 Å². The van der Waals surface area contributed by atoms with Crippen LogP contribution in [0.15, 0.2) is 50.6 Å². The van der Waals surface area contributed by atoms with Crippen LogP contribution in [0.3, 0.4) is 0 Å². The molecule has 0 amide bonds. The second-order valence-corrected chi connectivity index (χ2v) is 13.4. The molecule has 5 rings (SSSR count). The van der Waals surface area contributed by atoms with E-state index in [0.717, 1.165) is 21.4 Å². The Labute approximate surface area is 247 Å². The molecule has 0 saturated carbocycles. The zero-order valence-corrected chi connectivity index (χ0v) is 25.0. The largest absolute Gasteiger partial charge is 0.486 e. The average molecular weight is 661 g/mol. The predicted octanol–water partition coefficient (Wildman–Crippen LogP) is 1.02. The fourth-order valence-corrected chi connectivity index (χ4v) is 7.07. The van der Waals surface area contributed by atoms with Crippen molar-refractivity contribution in [2.75, 3.05) is 13.2 Å². The molecule has 2 aliphatic rings. The van der Waals surface area contributed by atoms with Gasteiger partial charge in [0.1, 0.15) is 24.0 Å². The summed E-state index contributed by atoms with van der Waals surface area (Å²) in [5.74, 6) is -1.20. The summed E-state index contributed by atoms with van der Waals surface area (Å²) in [6.07, 6.45) is -6.89. The van der Waals surface area contributed by atoms with Crippen molar-refractivity contribution in [2.24, 2.45) is 5.92 Å². The van der Waals surface area contributed by atoms with Crippen molar-refractivity contribution < 1.29 is 60.9 Å².